The van der Waals surface area contributed by atoms with Gasteiger partial charge in [-0.3, -0.25) is 4.79 Å². The molecule has 2 heterocycles. The molecule has 0 aliphatic carbocycles. The maximum absolute atomic E-state index is 11.9. The quantitative estimate of drug-likeness (QED) is 0.773. The molecular formula is C13H19N3O3. The lowest BCUT2D eigenvalue weighted by molar-refractivity contribution is 0.0928. The number of carbonyl (C=O) groups excluding carboxylic acids is 1. The lowest BCUT2D eigenvalue weighted by atomic mass is 9.97. The van der Waals surface area contributed by atoms with Crippen LogP contribution in [-0.4, -0.2) is 46.6 Å². The normalized spacial score (nSPS) is 16.4. The predicted molar refractivity (Wildman–Crippen MR) is 70.2 cm³/mol. The molecule has 6 heteroatoms. The first-order valence-corrected chi connectivity index (χ1v) is 6.48. The highest BCUT2D eigenvalue weighted by Gasteiger charge is 2.22. The molecule has 2 amide bonds. The molecule has 3 N–H and O–H groups in total. The first kappa shape index (κ1) is 13.5. The van der Waals surface area contributed by atoms with Gasteiger partial charge in [0.1, 0.15) is 0 Å². The molecule has 0 unspecified atom stereocenters. The van der Waals surface area contributed by atoms with Crippen molar-refractivity contribution in [3.05, 3.63) is 23.5 Å². The molecule has 6 nitrogen and oxygen atoms in total. The van der Waals surface area contributed by atoms with E-state index < -0.39 is 6.09 Å². The average molecular weight is 265 g/mol. The van der Waals surface area contributed by atoms with Crippen LogP contribution in [0.15, 0.2) is 12.3 Å². The van der Waals surface area contributed by atoms with Crippen LogP contribution in [0.5, 0.6) is 0 Å². The summed E-state index contributed by atoms with van der Waals surface area (Å²) in [5, 5.41) is 11.8. The summed E-state index contributed by atoms with van der Waals surface area (Å²) >= 11 is 0. The number of piperidine rings is 1. The third-order valence-electron chi connectivity index (χ3n) is 3.63. The van der Waals surface area contributed by atoms with Crippen molar-refractivity contribution >= 4 is 12.0 Å². The van der Waals surface area contributed by atoms with E-state index in [1.165, 1.54) is 4.90 Å². The molecule has 1 aliphatic heterocycles. The molecule has 0 radical (unpaired) electrons. The van der Waals surface area contributed by atoms with Crippen LogP contribution in [0.3, 0.4) is 0 Å². The maximum atomic E-state index is 11.9. The first-order valence-electron chi connectivity index (χ1n) is 6.48. The zero-order chi connectivity index (χ0) is 13.8. The van der Waals surface area contributed by atoms with Crippen molar-refractivity contribution in [2.75, 3.05) is 19.6 Å². The third kappa shape index (κ3) is 3.27. The summed E-state index contributed by atoms with van der Waals surface area (Å²) < 4.78 is 0. The van der Waals surface area contributed by atoms with Gasteiger partial charge in [-0.05, 0) is 31.7 Å². The predicted octanol–water partition coefficient (Wildman–Crippen LogP) is 1.44. The Bertz CT molecular complexity index is 461. The van der Waals surface area contributed by atoms with Gasteiger partial charge in [-0.25, -0.2) is 4.79 Å². The number of aryl methyl sites for hydroxylation is 1. The number of H-pyrrole nitrogens is 1. The highest BCUT2D eigenvalue weighted by Crippen LogP contribution is 2.16. The molecule has 0 spiro atoms. The van der Waals surface area contributed by atoms with Gasteiger partial charge in [0.05, 0.1) is 5.56 Å². The minimum absolute atomic E-state index is 0.0700. The van der Waals surface area contributed by atoms with Crippen molar-refractivity contribution in [2.24, 2.45) is 5.92 Å². The van der Waals surface area contributed by atoms with Gasteiger partial charge in [-0.1, -0.05) is 0 Å². The van der Waals surface area contributed by atoms with Crippen molar-refractivity contribution in [2.45, 2.75) is 19.8 Å². The maximum Gasteiger partial charge on any atom is 0.407 e. The number of hydrogen-bond acceptors (Lipinski definition) is 2. The molecule has 1 aromatic heterocycles. The van der Waals surface area contributed by atoms with Crippen molar-refractivity contribution in [1.82, 2.24) is 15.2 Å². The van der Waals surface area contributed by atoms with Gasteiger partial charge in [0.25, 0.3) is 5.91 Å². The lowest BCUT2D eigenvalue weighted by Crippen LogP contribution is -2.40. The minimum atomic E-state index is -0.856. The molecule has 0 bridgehead atoms. The van der Waals surface area contributed by atoms with Gasteiger partial charge in [-0.15, -0.1) is 0 Å². The standard InChI is InChI=1S/C13H19N3O3/c1-9-11(2-5-14-9)12(17)15-8-10-3-6-16(7-4-10)13(18)19/h2,5,10,14H,3-4,6-8H2,1H3,(H,15,17)(H,18,19). The molecule has 1 fully saturated rings. The number of hydrogen-bond donors (Lipinski definition) is 3. The lowest BCUT2D eigenvalue weighted by Gasteiger charge is -2.29. The Hall–Kier alpha value is -1.98. The fourth-order valence-electron chi connectivity index (χ4n) is 2.36. The summed E-state index contributed by atoms with van der Waals surface area (Å²) in [7, 11) is 0. The molecule has 0 aromatic carbocycles. The van der Waals surface area contributed by atoms with Crippen LogP contribution in [0.25, 0.3) is 0 Å². The van der Waals surface area contributed by atoms with Crippen molar-refractivity contribution in [3.8, 4) is 0 Å². The van der Waals surface area contributed by atoms with Crippen LogP contribution >= 0.6 is 0 Å². The van der Waals surface area contributed by atoms with Gasteiger partial charge in [0.15, 0.2) is 0 Å². The molecule has 1 saturated heterocycles. The molecule has 1 aliphatic rings. The number of aromatic amines is 1. The third-order valence-corrected chi connectivity index (χ3v) is 3.63. The fourth-order valence-corrected chi connectivity index (χ4v) is 2.36. The fraction of sp³-hybridized carbons (Fsp3) is 0.538. The van der Waals surface area contributed by atoms with Gasteiger partial charge < -0.3 is 20.3 Å². The second-order valence-electron chi connectivity index (χ2n) is 4.94. The zero-order valence-corrected chi connectivity index (χ0v) is 11.0. The Kier molecular flexibility index (Phi) is 4.09. The Balaban J connectivity index is 1.77. The number of carboxylic acid groups (broad SMARTS) is 1. The highest BCUT2D eigenvalue weighted by atomic mass is 16.4. The molecule has 104 valence electrons. The summed E-state index contributed by atoms with van der Waals surface area (Å²) in [6.45, 7) is 3.58. The monoisotopic (exact) mass is 265 g/mol. The van der Waals surface area contributed by atoms with E-state index in [1.807, 2.05) is 6.92 Å². The smallest absolute Gasteiger partial charge is 0.407 e. The van der Waals surface area contributed by atoms with Crippen molar-refractivity contribution < 1.29 is 14.7 Å². The van der Waals surface area contributed by atoms with E-state index in [0.29, 0.717) is 31.1 Å². The van der Waals surface area contributed by atoms with E-state index in [9.17, 15) is 9.59 Å². The largest absolute Gasteiger partial charge is 0.465 e. The number of nitrogens with one attached hydrogen (secondary N) is 2. The van der Waals surface area contributed by atoms with E-state index in [-0.39, 0.29) is 5.91 Å². The molecule has 0 atom stereocenters. The van der Waals surface area contributed by atoms with E-state index >= 15 is 0 Å². The number of likely N-dealkylation sites (tertiary alicyclic amines) is 1. The second kappa shape index (κ2) is 5.77. The van der Waals surface area contributed by atoms with Crippen molar-refractivity contribution in [3.63, 3.8) is 0 Å². The Morgan fingerprint density at radius 1 is 1.47 bits per heavy atom. The van der Waals surface area contributed by atoms with Crippen LogP contribution in [0.1, 0.15) is 28.9 Å². The second-order valence-corrected chi connectivity index (χ2v) is 4.94. The molecule has 19 heavy (non-hydrogen) atoms. The minimum Gasteiger partial charge on any atom is -0.465 e. The van der Waals surface area contributed by atoms with E-state index in [1.54, 1.807) is 12.3 Å². The number of amides is 2. The van der Waals surface area contributed by atoms with Gasteiger partial charge in [0, 0.05) is 31.5 Å². The van der Waals surface area contributed by atoms with Crippen LogP contribution < -0.4 is 5.32 Å². The number of nitrogens with zero attached hydrogens (tertiary/aromatic N) is 1. The van der Waals surface area contributed by atoms with Crippen LogP contribution in [0.4, 0.5) is 4.79 Å². The first-order chi connectivity index (χ1) is 9.08. The summed E-state index contributed by atoms with van der Waals surface area (Å²) in [5.74, 6) is 0.290. The molecule has 2 rings (SSSR count). The zero-order valence-electron chi connectivity index (χ0n) is 11.0. The van der Waals surface area contributed by atoms with Crippen LogP contribution in [0, 0.1) is 12.8 Å². The average Bonchev–Trinajstić information content (AvgIpc) is 2.83. The van der Waals surface area contributed by atoms with Gasteiger partial charge >= 0.3 is 6.09 Å². The van der Waals surface area contributed by atoms with Gasteiger partial charge in [-0.2, -0.15) is 0 Å². The topological polar surface area (TPSA) is 85.4 Å². The summed E-state index contributed by atoms with van der Waals surface area (Å²) in [4.78, 5) is 27.1. The number of aromatic nitrogens is 1. The summed E-state index contributed by atoms with van der Waals surface area (Å²) in [6, 6.07) is 1.76. The summed E-state index contributed by atoms with van der Waals surface area (Å²) in [6.07, 6.45) is 2.50. The Morgan fingerprint density at radius 2 is 2.16 bits per heavy atom. The van der Waals surface area contributed by atoms with Gasteiger partial charge in [0.2, 0.25) is 0 Å². The Labute approximate surface area is 111 Å². The number of rotatable bonds is 3. The van der Waals surface area contributed by atoms with E-state index in [0.717, 1.165) is 18.5 Å². The molecule has 1 aromatic rings. The molecule has 0 saturated carbocycles. The summed E-state index contributed by atoms with van der Waals surface area (Å²) in [5.41, 5.74) is 1.53. The van der Waals surface area contributed by atoms with E-state index in [4.69, 9.17) is 5.11 Å². The SMILES string of the molecule is Cc1[nH]ccc1C(=O)NCC1CCN(C(=O)O)CC1. The highest BCUT2D eigenvalue weighted by molar-refractivity contribution is 5.95. The molecular weight excluding hydrogens is 246 g/mol. The van der Waals surface area contributed by atoms with E-state index in [2.05, 4.69) is 10.3 Å². The van der Waals surface area contributed by atoms with Crippen molar-refractivity contribution in [1.29, 1.82) is 0 Å². The Morgan fingerprint density at radius 3 is 2.68 bits per heavy atom. The van der Waals surface area contributed by atoms with Crippen LogP contribution in [-0.2, 0) is 0 Å². The van der Waals surface area contributed by atoms with Crippen LogP contribution in [0.2, 0.25) is 0 Å². The number of carbonyl (C=O) groups is 2.